The molecule has 6 nitrogen and oxygen atoms in total. The van der Waals surface area contributed by atoms with Crippen LogP contribution in [0.15, 0.2) is 53.2 Å². The maximum atomic E-state index is 12.2. The predicted octanol–water partition coefficient (Wildman–Crippen LogP) is 5.14. The summed E-state index contributed by atoms with van der Waals surface area (Å²) in [4.78, 5) is 20.1. The van der Waals surface area contributed by atoms with Gasteiger partial charge >= 0.3 is 0 Å². The third-order valence-electron chi connectivity index (χ3n) is 4.52. The summed E-state index contributed by atoms with van der Waals surface area (Å²) in [6, 6.07) is 13.3. The van der Waals surface area contributed by atoms with Gasteiger partial charge in [0.05, 0.1) is 11.4 Å². The van der Waals surface area contributed by atoms with Crippen LogP contribution in [0.3, 0.4) is 0 Å². The van der Waals surface area contributed by atoms with E-state index in [2.05, 4.69) is 20.4 Å². The van der Waals surface area contributed by atoms with Crippen LogP contribution in [-0.4, -0.2) is 21.0 Å². The van der Waals surface area contributed by atoms with Gasteiger partial charge in [-0.3, -0.25) is 9.78 Å². The van der Waals surface area contributed by atoms with Crippen LogP contribution < -0.4 is 5.32 Å². The molecule has 0 saturated heterocycles. The molecule has 3 aromatic heterocycles. The maximum absolute atomic E-state index is 12.2. The lowest BCUT2D eigenvalue weighted by molar-refractivity contribution is -0.116. The van der Waals surface area contributed by atoms with Gasteiger partial charge in [-0.1, -0.05) is 22.8 Å². The van der Waals surface area contributed by atoms with Crippen LogP contribution in [-0.2, 0) is 11.2 Å². The van der Waals surface area contributed by atoms with Crippen molar-refractivity contribution in [3.8, 4) is 11.4 Å². The van der Waals surface area contributed by atoms with Gasteiger partial charge in [0.2, 0.25) is 5.91 Å². The lowest BCUT2D eigenvalue weighted by Gasteiger charge is -2.05. The van der Waals surface area contributed by atoms with Crippen molar-refractivity contribution in [1.82, 2.24) is 15.1 Å². The Hall–Kier alpha value is -3.12. The molecule has 3 heterocycles. The molecule has 0 unspecified atom stereocenters. The van der Waals surface area contributed by atoms with E-state index in [1.807, 2.05) is 36.4 Å². The number of hydrogen-bond donors (Lipinski definition) is 2. The van der Waals surface area contributed by atoms with Crippen molar-refractivity contribution in [2.24, 2.45) is 0 Å². The summed E-state index contributed by atoms with van der Waals surface area (Å²) in [7, 11) is 0. The second-order valence-electron chi connectivity index (χ2n) is 6.61. The van der Waals surface area contributed by atoms with E-state index in [1.165, 1.54) is 0 Å². The molecule has 7 heteroatoms. The Bertz CT molecular complexity index is 1120. The number of aromatic amines is 1. The van der Waals surface area contributed by atoms with Crippen molar-refractivity contribution in [2.75, 3.05) is 5.32 Å². The molecule has 0 fully saturated rings. The van der Waals surface area contributed by atoms with Crippen LogP contribution in [0.1, 0.15) is 24.2 Å². The Kier molecular flexibility index (Phi) is 5.12. The molecule has 2 N–H and O–H groups in total. The molecular formula is C21H19ClN4O2. The van der Waals surface area contributed by atoms with E-state index in [0.717, 1.165) is 34.3 Å². The highest BCUT2D eigenvalue weighted by Gasteiger charge is 2.15. The number of carbonyl (C=O) groups excluding carboxylic acids is 1. The second-order valence-corrected chi connectivity index (χ2v) is 7.04. The number of carbonyl (C=O) groups is 1. The molecule has 0 atom stereocenters. The third kappa shape index (κ3) is 3.92. The fraction of sp³-hybridized carbons (Fsp3) is 0.190. The molecule has 1 amide bonds. The average molecular weight is 395 g/mol. The molecular weight excluding hydrogens is 376 g/mol. The number of halogens is 1. The molecule has 4 rings (SSSR count). The maximum Gasteiger partial charge on any atom is 0.225 e. The van der Waals surface area contributed by atoms with E-state index in [4.69, 9.17) is 16.1 Å². The number of nitrogens with zero attached hydrogens (tertiary/aromatic N) is 2. The van der Waals surface area contributed by atoms with Crippen molar-refractivity contribution < 1.29 is 9.32 Å². The molecule has 4 aromatic rings. The Balaban J connectivity index is 1.53. The quantitative estimate of drug-likeness (QED) is 0.474. The highest BCUT2D eigenvalue weighted by molar-refractivity contribution is 6.31. The van der Waals surface area contributed by atoms with Crippen molar-refractivity contribution in [3.63, 3.8) is 0 Å². The topological polar surface area (TPSA) is 83.8 Å². The first-order valence-corrected chi connectivity index (χ1v) is 9.42. The molecule has 0 saturated carbocycles. The van der Waals surface area contributed by atoms with E-state index >= 15 is 0 Å². The minimum absolute atomic E-state index is 0.0921. The predicted molar refractivity (Wildman–Crippen MR) is 109 cm³/mol. The highest BCUT2D eigenvalue weighted by atomic mass is 35.5. The van der Waals surface area contributed by atoms with Gasteiger partial charge < -0.3 is 14.8 Å². The van der Waals surface area contributed by atoms with Gasteiger partial charge in [0.25, 0.3) is 0 Å². The highest BCUT2D eigenvalue weighted by Crippen LogP contribution is 2.32. The zero-order valence-corrected chi connectivity index (χ0v) is 16.1. The number of anilines is 1. The first kappa shape index (κ1) is 18.3. The second kappa shape index (κ2) is 7.86. The van der Waals surface area contributed by atoms with Gasteiger partial charge in [-0.25, -0.2) is 0 Å². The molecule has 0 aliphatic heterocycles. The monoisotopic (exact) mass is 394 g/mol. The zero-order chi connectivity index (χ0) is 19.5. The molecule has 0 bridgehead atoms. The van der Waals surface area contributed by atoms with Crippen molar-refractivity contribution >= 4 is 34.2 Å². The molecule has 1 aromatic carbocycles. The third-order valence-corrected chi connectivity index (χ3v) is 4.75. The smallest absolute Gasteiger partial charge is 0.225 e. The Morgan fingerprint density at radius 3 is 2.89 bits per heavy atom. The number of nitrogens with one attached hydrogen (secondary N) is 2. The summed E-state index contributed by atoms with van der Waals surface area (Å²) in [6.45, 7) is 1.78. The molecule has 142 valence electrons. The van der Waals surface area contributed by atoms with Crippen LogP contribution in [0.5, 0.6) is 0 Å². The number of hydrogen-bond acceptors (Lipinski definition) is 4. The Labute approximate surface area is 166 Å². The number of amides is 1. The fourth-order valence-corrected chi connectivity index (χ4v) is 3.44. The van der Waals surface area contributed by atoms with E-state index in [1.54, 1.807) is 19.2 Å². The van der Waals surface area contributed by atoms with E-state index < -0.39 is 0 Å². The number of aromatic nitrogens is 3. The van der Waals surface area contributed by atoms with Gasteiger partial charge in [0, 0.05) is 34.6 Å². The number of rotatable bonds is 6. The summed E-state index contributed by atoms with van der Waals surface area (Å²) >= 11 is 6.21. The zero-order valence-electron chi connectivity index (χ0n) is 15.3. The molecule has 0 aliphatic rings. The summed E-state index contributed by atoms with van der Waals surface area (Å²) in [5.74, 6) is 1.01. The van der Waals surface area contributed by atoms with Crippen molar-refractivity contribution in [3.05, 3.63) is 65.0 Å². The Morgan fingerprint density at radius 2 is 2.14 bits per heavy atom. The molecule has 0 aliphatic carbocycles. The van der Waals surface area contributed by atoms with Gasteiger partial charge in [-0.05, 0) is 55.7 Å². The number of aryl methyl sites for hydroxylation is 2. The van der Waals surface area contributed by atoms with Gasteiger partial charge in [0.1, 0.15) is 5.76 Å². The van der Waals surface area contributed by atoms with Crippen LogP contribution in [0.25, 0.3) is 22.3 Å². The number of pyridine rings is 1. The van der Waals surface area contributed by atoms with Crippen molar-refractivity contribution in [1.29, 1.82) is 0 Å². The number of fused-ring (bicyclic) bond motifs is 1. The van der Waals surface area contributed by atoms with Crippen LogP contribution in [0.2, 0.25) is 5.02 Å². The number of benzene rings is 1. The summed E-state index contributed by atoms with van der Waals surface area (Å²) in [5.41, 5.74) is 3.95. The van der Waals surface area contributed by atoms with Gasteiger partial charge in [0.15, 0.2) is 5.82 Å². The summed E-state index contributed by atoms with van der Waals surface area (Å²) in [5, 5.41) is 8.27. The normalized spacial score (nSPS) is 11.1. The van der Waals surface area contributed by atoms with Gasteiger partial charge in [-0.2, -0.15) is 0 Å². The number of H-pyrrole nitrogens is 1. The largest absolute Gasteiger partial charge is 0.360 e. The minimum atomic E-state index is -0.0921. The van der Waals surface area contributed by atoms with Crippen LogP contribution in [0, 0.1) is 6.92 Å². The average Bonchev–Trinajstić information content (AvgIpc) is 3.26. The fourth-order valence-electron chi connectivity index (χ4n) is 3.27. The van der Waals surface area contributed by atoms with Crippen LogP contribution >= 0.6 is 11.6 Å². The lowest BCUT2D eigenvalue weighted by atomic mass is 10.0. The molecule has 28 heavy (non-hydrogen) atoms. The first-order chi connectivity index (χ1) is 13.6. The van der Waals surface area contributed by atoms with E-state index in [-0.39, 0.29) is 5.91 Å². The first-order valence-electron chi connectivity index (χ1n) is 9.05. The van der Waals surface area contributed by atoms with E-state index in [9.17, 15) is 4.79 Å². The van der Waals surface area contributed by atoms with E-state index in [0.29, 0.717) is 29.4 Å². The molecule has 0 spiro atoms. The lowest BCUT2D eigenvalue weighted by Crippen LogP contribution is -2.11. The SMILES string of the molecule is Cc1cc(NC(=O)CCCc2c(-c3ccccn3)[nH]c3ccc(Cl)cc23)no1. The minimum Gasteiger partial charge on any atom is -0.360 e. The standard InChI is InChI=1S/C21H19ClN4O2/c1-13-11-19(26-28-13)25-20(27)7-4-5-15-16-12-14(22)8-9-17(16)24-21(15)18-6-2-3-10-23-18/h2-3,6,8-12,24H,4-5,7H2,1H3,(H,25,26,27). The Morgan fingerprint density at radius 1 is 1.25 bits per heavy atom. The van der Waals surface area contributed by atoms with Crippen LogP contribution in [0.4, 0.5) is 5.82 Å². The van der Waals surface area contributed by atoms with Crippen molar-refractivity contribution in [2.45, 2.75) is 26.2 Å². The molecule has 0 radical (unpaired) electrons. The van der Waals surface area contributed by atoms with Gasteiger partial charge in [-0.15, -0.1) is 0 Å². The summed E-state index contributed by atoms with van der Waals surface area (Å²) < 4.78 is 4.96. The summed E-state index contributed by atoms with van der Waals surface area (Å²) in [6.07, 6.45) is 3.55.